The minimum atomic E-state index is -0.0339. The number of nitrogens with zero attached hydrogens (tertiary/aromatic N) is 3. The minimum Gasteiger partial charge on any atom is -0.493 e. The molecular weight excluding hydrogens is 344 g/mol. The Bertz CT molecular complexity index is 746. The van der Waals surface area contributed by atoms with E-state index in [0.29, 0.717) is 18.0 Å². The van der Waals surface area contributed by atoms with E-state index in [-0.39, 0.29) is 6.03 Å². The maximum Gasteiger partial charge on any atom is 0.317 e. The molecule has 2 heterocycles. The molecule has 2 amide bonds. The van der Waals surface area contributed by atoms with Gasteiger partial charge in [0.05, 0.1) is 14.2 Å². The molecule has 1 aliphatic rings. The third kappa shape index (κ3) is 5.10. The van der Waals surface area contributed by atoms with Gasteiger partial charge in [0.15, 0.2) is 11.5 Å². The summed E-state index contributed by atoms with van der Waals surface area (Å²) in [5.41, 5.74) is 2.22. The van der Waals surface area contributed by atoms with E-state index in [9.17, 15) is 4.79 Å². The lowest BCUT2D eigenvalue weighted by Gasteiger charge is -2.34. The summed E-state index contributed by atoms with van der Waals surface area (Å²) in [5, 5.41) is 2.99. The normalized spacial score (nSPS) is 14.7. The summed E-state index contributed by atoms with van der Waals surface area (Å²) in [5.74, 6) is 1.34. The quantitative estimate of drug-likeness (QED) is 0.844. The third-order valence-electron chi connectivity index (χ3n) is 4.71. The van der Waals surface area contributed by atoms with E-state index in [1.54, 1.807) is 14.2 Å². The molecule has 1 saturated heterocycles. The molecule has 1 aromatic heterocycles. The fourth-order valence-electron chi connectivity index (χ4n) is 3.14. The predicted molar refractivity (Wildman–Crippen MR) is 103 cm³/mol. The number of aromatic nitrogens is 1. The van der Waals surface area contributed by atoms with E-state index in [2.05, 4.69) is 15.2 Å². The van der Waals surface area contributed by atoms with Crippen LogP contribution in [0.1, 0.15) is 11.1 Å². The summed E-state index contributed by atoms with van der Waals surface area (Å²) in [4.78, 5) is 20.7. The van der Waals surface area contributed by atoms with Crippen LogP contribution >= 0.6 is 0 Å². The number of hydrogen-bond acceptors (Lipinski definition) is 5. The van der Waals surface area contributed by atoms with Crippen LogP contribution in [0.15, 0.2) is 42.7 Å². The smallest absolute Gasteiger partial charge is 0.317 e. The Morgan fingerprint density at radius 3 is 2.37 bits per heavy atom. The molecule has 1 aromatic carbocycles. The van der Waals surface area contributed by atoms with Gasteiger partial charge in [0, 0.05) is 51.7 Å². The van der Waals surface area contributed by atoms with Crippen LogP contribution in [0.4, 0.5) is 4.79 Å². The number of methoxy groups -OCH3 is 2. The number of amides is 2. The highest BCUT2D eigenvalue weighted by Gasteiger charge is 2.21. The predicted octanol–water partition coefficient (Wildman–Crippen LogP) is 2.13. The van der Waals surface area contributed by atoms with Crippen LogP contribution in [0, 0.1) is 0 Å². The van der Waals surface area contributed by atoms with Crippen LogP contribution in [-0.2, 0) is 13.1 Å². The van der Waals surface area contributed by atoms with Gasteiger partial charge in [-0.05, 0) is 35.4 Å². The number of benzene rings is 1. The van der Waals surface area contributed by atoms with Crippen molar-refractivity contribution in [2.45, 2.75) is 13.1 Å². The van der Waals surface area contributed by atoms with E-state index >= 15 is 0 Å². The van der Waals surface area contributed by atoms with Crippen molar-refractivity contribution in [2.75, 3.05) is 40.4 Å². The second-order valence-electron chi connectivity index (χ2n) is 6.47. The average Bonchev–Trinajstić information content (AvgIpc) is 2.73. The molecule has 2 aromatic rings. The zero-order valence-electron chi connectivity index (χ0n) is 15.9. The summed E-state index contributed by atoms with van der Waals surface area (Å²) in [6.07, 6.45) is 3.63. The molecule has 0 saturated carbocycles. The SMILES string of the molecule is COc1ccc(CNC(=O)N2CCN(Cc3ccncc3)CC2)cc1OC. The third-order valence-corrected chi connectivity index (χ3v) is 4.71. The summed E-state index contributed by atoms with van der Waals surface area (Å²) in [7, 11) is 3.21. The molecule has 1 aliphatic heterocycles. The number of ether oxygens (including phenoxy) is 2. The molecule has 0 radical (unpaired) electrons. The van der Waals surface area contributed by atoms with E-state index in [0.717, 1.165) is 38.3 Å². The van der Waals surface area contributed by atoms with Gasteiger partial charge in [0.25, 0.3) is 0 Å². The number of carbonyl (C=O) groups excluding carboxylic acids is 1. The van der Waals surface area contributed by atoms with Crippen LogP contribution in [0.2, 0.25) is 0 Å². The summed E-state index contributed by atoms with van der Waals surface area (Å²) in [6.45, 7) is 4.53. The monoisotopic (exact) mass is 370 g/mol. The van der Waals surface area contributed by atoms with Crippen molar-refractivity contribution < 1.29 is 14.3 Å². The van der Waals surface area contributed by atoms with Gasteiger partial charge in [-0.25, -0.2) is 4.79 Å². The molecule has 0 aliphatic carbocycles. The highest BCUT2D eigenvalue weighted by Crippen LogP contribution is 2.27. The van der Waals surface area contributed by atoms with Gasteiger partial charge in [-0.2, -0.15) is 0 Å². The molecule has 27 heavy (non-hydrogen) atoms. The van der Waals surface area contributed by atoms with Crippen molar-refractivity contribution in [3.63, 3.8) is 0 Å². The van der Waals surface area contributed by atoms with Crippen LogP contribution in [-0.4, -0.2) is 61.2 Å². The zero-order chi connectivity index (χ0) is 19.1. The molecule has 0 spiro atoms. The molecule has 0 unspecified atom stereocenters. The van der Waals surface area contributed by atoms with Crippen molar-refractivity contribution >= 4 is 6.03 Å². The topological polar surface area (TPSA) is 66.9 Å². The first kappa shape index (κ1) is 19.0. The van der Waals surface area contributed by atoms with Gasteiger partial charge in [-0.15, -0.1) is 0 Å². The van der Waals surface area contributed by atoms with E-state index in [1.807, 2.05) is 47.6 Å². The number of pyridine rings is 1. The van der Waals surface area contributed by atoms with Gasteiger partial charge in [0.1, 0.15) is 0 Å². The minimum absolute atomic E-state index is 0.0339. The number of nitrogens with one attached hydrogen (secondary N) is 1. The Balaban J connectivity index is 1.46. The summed E-state index contributed by atoms with van der Waals surface area (Å²) < 4.78 is 10.5. The van der Waals surface area contributed by atoms with Gasteiger partial charge in [-0.3, -0.25) is 9.88 Å². The van der Waals surface area contributed by atoms with Gasteiger partial charge < -0.3 is 19.7 Å². The van der Waals surface area contributed by atoms with Gasteiger partial charge >= 0.3 is 6.03 Å². The van der Waals surface area contributed by atoms with E-state index in [4.69, 9.17) is 9.47 Å². The molecule has 7 nitrogen and oxygen atoms in total. The first-order chi connectivity index (χ1) is 13.2. The van der Waals surface area contributed by atoms with Crippen molar-refractivity contribution in [1.82, 2.24) is 20.1 Å². The lowest BCUT2D eigenvalue weighted by atomic mass is 10.2. The molecule has 1 N–H and O–H groups in total. The molecule has 1 fully saturated rings. The van der Waals surface area contributed by atoms with Crippen molar-refractivity contribution in [2.24, 2.45) is 0 Å². The highest BCUT2D eigenvalue weighted by atomic mass is 16.5. The van der Waals surface area contributed by atoms with Crippen molar-refractivity contribution in [1.29, 1.82) is 0 Å². The molecule has 0 atom stereocenters. The van der Waals surface area contributed by atoms with Crippen molar-refractivity contribution in [3.05, 3.63) is 53.9 Å². The Labute approximate surface area is 159 Å². The Kier molecular flexibility index (Phi) is 6.49. The summed E-state index contributed by atoms with van der Waals surface area (Å²) >= 11 is 0. The number of rotatable bonds is 6. The number of urea groups is 1. The second kappa shape index (κ2) is 9.23. The summed E-state index contributed by atoms with van der Waals surface area (Å²) in [6, 6.07) is 9.68. The van der Waals surface area contributed by atoms with Crippen LogP contribution in [0.25, 0.3) is 0 Å². The maximum absolute atomic E-state index is 12.4. The average molecular weight is 370 g/mol. The standard InChI is InChI=1S/C20H26N4O3/c1-26-18-4-3-17(13-19(18)27-2)14-22-20(25)24-11-9-23(10-12-24)15-16-5-7-21-8-6-16/h3-8,13H,9-12,14-15H2,1-2H3,(H,22,25). The largest absolute Gasteiger partial charge is 0.493 e. The van der Waals surface area contributed by atoms with Crippen molar-refractivity contribution in [3.8, 4) is 11.5 Å². The van der Waals surface area contributed by atoms with Gasteiger partial charge in [-0.1, -0.05) is 6.07 Å². The van der Waals surface area contributed by atoms with E-state index < -0.39 is 0 Å². The molecule has 144 valence electrons. The second-order valence-corrected chi connectivity index (χ2v) is 6.47. The molecule has 7 heteroatoms. The number of piperazine rings is 1. The lowest BCUT2D eigenvalue weighted by molar-refractivity contribution is 0.135. The molecule has 0 bridgehead atoms. The van der Waals surface area contributed by atoms with E-state index in [1.165, 1.54) is 5.56 Å². The Morgan fingerprint density at radius 2 is 1.70 bits per heavy atom. The molecular formula is C20H26N4O3. The number of hydrogen-bond donors (Lipinski definition) is 1. The number of carbonyl (C=O) groups is 1. The van der Waals surface area contributed by atoms with Crippen LogP contribution in [0.5, 0.6) is 11.5 Å². The first-order valence-electron chi connectivity index (χ1n) is 9.04. The fraction of sp³-hybridized carbons (Fsp3) is 0.400. The van der Waals surface area contributed by atoms with Crippen LogP contribution in [0.3, 0.4) is 0 Å². The fourth-order valence-corrected chi connectivity index (χ4v) is 3.14. The zero-order valence-corrected chi connectivity index (χ0v) is 15.9. The lowest BCUT2D eigenvalue weighted by Crippen LogP contribution is -2.51. The van der Waals surface area contributed by atoms with Gasteiger partial charge in [0.2, 0.25) is 0 Å². The Hall–Kier alpha value is -2.80. The Morgan fingerprint density at radius 1 is 1.00 bits per heavy atom. The van der Waals surface area contributed by atoms with Crippen LogP contribution < -0.4 is 14.8 Å². The maximum atomic E-state index is 12.4. The first-order valence-corrected chi connectivity index (χ1v) is 9.04. The highest BCUT2D eigenvalue weighted by molar-refractivity contribution is 5.74. The molecule has 3 rings (SSSR count).